The molecule has 4 heteroatoms. The second kappa shape index (κ2) is 7.12. The highest BCUT2D eigenvalue weighted by atomic mass is 32.2. The lowest BCUT2D eigenvalue weighted by molar-refractivity contribution is -0.118. The van der Waals surface area contributed by atoms with Crippen LogP contribution in [0.2, 0.25) is 0 Å². The first-order chi connectivity index (χ1) is 7.24. The van der Waals surface area contributed by atoms with Gasteiger partial charge in [-0.25, -0.2) is 0 Å². The lowest BCUT2D eigenvalue weighted by Gasteiger charge is -2.32. The number of piperidine rings is 1. The molecule has 1 aliphatic rings. The topological polar surface area (TPSA) is 32.3 Å². The first kappa shape index (κ1) is 12.8. The summed E-state index contributed by atoms with van der Waals surface area (Å²) in [7, 11) is 3.91. The van der Waals surface area contributed by atoms with Gasteiger partial charge < -0.3 is 10.2 Å². The SMILES string of the molecule is CNC(=O)CSCCC1CCCCN1C. The predicted molar refractivity (Wildman–Crippen MR) is 66.3 cm³/mol. The monoisotopic (exact) mass is 230 g/mol. The maximum Gasteiger partial charge on any atom is 0.229 e. The fourth-order valence-corrected chi connectivity index (χ4v) is 2.88. The van der Waals surface area contributed by atoms with Crippen molar-refractivity contribution < 1.29 is 4.79 Å². The highest BCUT2D eigenvalue weighted by molar-refractivity contribution is 7.99. The lowest BCUT2D eigenvalue weighted by Crippen LogP contribution is -2.36. The van der Waals surface area contributed by atoms with E-state index in [0.29, 0.717) is 5.75 Å². The molecule has 0 aromatic carbocycles. The van der Waals surface area contributed by atoms with Crippen LogP contribution in [0.5, 0.6) is 0 Å². The fourth-order valence-electron chi connectivity index (χ4n) is 1.97. The summed E-state index contributed by atoms with van der Waals surface area (Å²) in [4.78, 5) is 13.4. The van der Waals surface area contributed by atoms with Gasteiger partial charge in [0.1, 0.15) is 0 Å². The summed E-state index contributed by atoms with van der Waals surface area (Å²) in [6.07, 6.45) is 5.27. The van der Waals surface area contributed by atoms with Gasteiger partial charge in [0, 0.05) is 13.1 Å². The quantitative estimate of drug-likeness (QED) is 0.723. The van der Waals surface area contributed by atoms with Crippen molar-refractivity contribution in [2.24, 2.45) is 0 Å². The molecule has 0 aliphatic carbocycles. The molecule has 1 unspecified atom stereocenters. The van der Waals surface area contributed by atoms with Crippen molar-refractivity contribution >= 4 is 17.7 Å². The minimum absolute atomic E-state index is 0.136. The van der Waals surface area contributed by atoms with E-state index in [9.17, 15) is 4.79 Å². The Hall–Kier alpha value is -0.220. The Morgan fingerprint density at radius 2 is 2.33 bits per heavy atom. The number of carbonyl (C=O) groups excluding carboxylic acids is 1. The zero-order valence-electron chi connectivity index (χ0n) is 9.79. The van der Waals surface area contributed by atoms with Gasteiger partial charge in [0.25, 0.3) is 0 Å². The van der Waals surface area contributed by atoms with Crippen LogP contribution in [0.4, 0.5) is 0 Å². The Kier molecular flexibility index (Phi) is 6.10. The third-order valence-electron chi connectivity index (χ3n) is 3.03. The first-order valence-corrected chi connectivity index (χ1v) is 6.88. The van der Waals surface area contributed by atoms with E-state index in [0.717, 1.165) is 11.8 Å². The number of nitrogens with zero attached hydrogens (tertiary/aromatic N) is 1. The van der Waals surface area contributed by atoms with Gasteiger partial charge in [0.05, 0.1) is 5.75 Å². The standard InChI is InChI=1S/C11H22N2OS/c1-12-11(14)9-15-8-6-10-5-3-4-7-13(10)2/h10H,3-9H2,1-2H3,(H,12,14). The van der Waals surface area contributed by atoms with E-state index in [-0.39, 0.29) is 5.91 Å². The number of carbonyl (C=O) groups is 1. The van der Waals surface area contributed by atoms with E-state index in [1.54, 1.807) is 18.8 Å². The number of hydrogen-bond acceptors (Lipinski definition) is 3. The zero-order valence-corrected chi connectivity index (χ0v) is 10.6. The molecule has 3 nitrogen and oxygen atoms in total. The number of amides is 1. The van der Waals surface area contributed by atoms with Crippen molar-refractivity contribution in [2.75, 3.05) is 32.1 Å². The van der Waals surface area contributed by atoms with Gasteiger partial charge in [-0.2, -0.15) is 11.8 Å². The average molecular weight is 230 g/mol. The predicted octanol–water partition coefficient (Wildman–Crippen LogP) is 1.34. The van der Waals surface area contributed by atoms with Crippen LogP contribution in [0.15, 0.2) is 0 Å². The van der Waals surface area contributed by atoms with Gasteiger partial charge in [0.2, 0.25) is 5.91 Å². The van der Waals surface area contributed by atoms with Gasteiger partial charge >= 0.3 is 0 Å². The van der Waals surface area contributed by atoms with Gasteiger partial charge in [-0.05, 0) is 38.6 Å². The highest BCUT2D eigenvalue weighted by Crippen LogP contribution is 2.19. The maximum absolute atomic E-state index is 11.0. The number of rotatable bonds is 5. The fraction of sp³-hybridized carbons (Fsp3) is 0.909. The molecule has 1 heterocycles. The molecule has 0 saturated carbocycles. The van der Waals surface area contributed by atoms with Gasteiger partial charge in [-0.3, -0.25) is 4.79 Å². The Balaban J connectivity index is 2.06. The number of hydrogen-bond donors (Lipinski definition) is 1. The van der Waals surface area contributed by atoms with E-state index < -0.39 is 0 Å². The third kappa shape index (κ3) is 4.89. The Morgan fingerprint density at radius 1 is 1.53 bits per heavy atom. The van der Waals surface area contributed by atoms with Crippen molar-refractivity contribution in [3.05, 3.63) is 0 Å². The minimum Gasteiger partial charge on any atom is -0.358 e. The smallest absolute Gasteiger partial charge is 0.229 e. The van der Waals surface area contributed by atoms with Gasteiger partial charge in [0.15, 0.2) is 0 Å². The van der Waals surface area contributed by atoms with Crippen molar-refractivity contribution in [3.8, 4) is 0 Å². The molecule has 1 N–H and O–H groups in total. The molecule has 15 heavy (non-hydrogen) atoms. The second-order valence-corrected chi connectivity index (χ2v) is 5.25. The van der Waals surface area contributed by atoms with Crippen LogP contribution in [0.3, 0.4) is 0 Å². The van der Waals surface area contributed by atoms with Crippen LogP contribution in [0, 0.1) is 0 Å². The number of likely N-dealkylation sites (tertiary alicyclic amines) is 1. The first-order valence-electron chi connectivity index (χ1n) is 5.72. The lowest BCUT2D eigenvalue weighted by atomic mass is 10.0. The van der Waals surface area contributed by atoms with Crippen LogP contribution in [0.1, 0.15) is 25.7 Å². The van der Waals surface area contributed by atoms with Crippen LogP contribution in [0.25, 0.3) is 0 Å². The third-order valence-corrected chi connectivity index (χ3v) is 4.02. The molecule has 1 amide bonds. The molecule has 0 aromatic heterocycles. The summed E-state index contributed by atoms with van der Waals surface area (Å²) < 4.78 is 0. The Bertz CT molecular complexity index is 199. The molecular formula is C11H22N2OS. The van der Waals surface area contributed by atoms with Crippen LogP contribution in [-0.4, -0.2) is 49.0 Å². The summed E-state index contributed by atoms with van der Waals surface area (Å²) in [5, 5.41) is 2.64. The average Bonchev–Trinajstić information content (AvgIpc) is 2.26. The molecule has 88 valence electrons. The van der Waals surface area contributed by atoms with E-state index in [1.165, 1.54) is 32.2 Å². The molecule has 0 radical (unpaired) electrons. The van der Waals surface area contributed by atoms with Crippen molar-refractivity contribution in [1.82, 2.24) is 10.2 Å². The normalized spacial score (nSPS) is 22.7. The summed E-state index contributed by atoms with van der Waals surface area (Å²) in [6.45, 7) is 1.24. The van der Waals surface area contributed by atoms with Gasteiger partial charge in [-0.1, -0.05) is 6.42 Å². The van der Waals surface area contributed by atoms with Crippen molar-refractivity contribution in [3.63, 3.8) is 0 Å². The van der Waals surface area contributed by atoms with Gasteiger partial charge in [-0.15, -0.1) is 0 Å². The largest absolute Gasteiger partial charge is 0.358 e. The van der Waals surface area contributed by atoms with Crippen LogP contribution >= 0.6 is 11.8 Å². The van der Waals surface area contributed by atoms with Crippen molar-refractivity contribution in [2.45, 2.75) is 31.7 Å². The molecule has 1 saturated heterocycles. The van der Waals surface area contributed by atoms with E-state index in [2.05, 4.69) is 17.3 Å². The molecule has 0 bridgehead atoms. The molecule has 1 aliphatic heterocycles. The minimum atomic E-state index is 0.136. The molecule has 0 spiro atoms. The summed E-state index contributed by atoms with van der Waals surface area (Å²) >= 11 is 1.74. The van der Waals surface area contributed by atoms with E-state index in [1.807, 2.05) is 0 Å². The van der Waals surface area contributed by atoms with E-state index >= 15 is 0 Å². The summed E-state index contributed by atoms with van der Waals surface area (Å²) in [6, 6.07) is 0.746. The summed E-state index contributed by atoms with van der Waals surface area (Å²) in [5.41, 5.74) is 0. The maximum atomic E-state index is 11.0. The molecule has 1 fully saturated rings. The molecular weight excluding hydrogens is 208 g/mol. The van der Waals surface area contributed by atoms with Crippen LogP contribution < -0.4 is 5.32 Å². The van der Waals surface area contributed by atoms with E-state index in [4.69, 9.17) is 0 Å². The molecule has 1 rings (SSSR count). The van der Waals surface area contributed by atoms with Crippen LogP contribution in [-0.2, 0) is 4.79 Å². The molecule has 0 aromatic rings. The number of thioether (sulfide) groups is 1. The second-order valence-electron chi connectivity index (χ2n) is 4.14. The Labute approximate surface area is 97.0 Å². The highest BCUT2D eigenvalue weighted by Gasteiger charge is 2.18. The molecule has 1 atom stereocenters. The zero-order chi connectivity index (χ0) is 11.1. The van der Waals surface area contributed by atoms with Crippen molar-refractivity contribution in [1.29, 1.82) is 0 Å². The number of nitrogens with one attached hydrogen (secondary N) is 1. The Morgan fingerprint density at radius 3 is 3.00 bits per heavy atom. The summed E-state index contributed by atoms with van der Waals surface area (Å²) in [5.74, 6) is 1.84.